The maximum Gasteiger partial charge on any atom is 0.272 e. The number of hydrogen-bond acceptors (Lipinski definition) is 3. The molecule has 0 saturated carbocycles. The van der Waals surface area contributed by atoms with Crippen molar-refractivity contribution in [1.82, 2.24) is 0 Å². The number of fused-ring (bicyclic) bond motifs is 1. The summed E-state index contributed by atoms with van der Waals surface area (Å²) in [7, 11) is 0. The van der Waals surface area contributed by atoms with E-state index in [4.69, 9.17) is 0 Å². The Morgan fingerprint density at radius 3 is 2.81 bits per heavy atom. The van der Waals surface area contributed by atoms with Gasteiger partial charge in [-0.1, -0.05) is 0 Å². The molecule has 1 amide bonds. The molecular formula is C10H9FN2O3. The first kappa shape index (κ1) is 10.5. The lowest BCUT2D eigenvalue weighted by Crippen LogP contribution is -2.26. The van der Waals surface area contributed by atoms with E-state index in [1.807, 2.05) is 0 Å². The van der Waals surface area contributed by atoms with Crippen LogP contribution in [-0.4, -0.2) is 17.4 Å². The fraction of sp³-hybridized carbons (Fsp3) is 0.300. The van der Waals surface area contributed by atoms with Crippen molar-refractivity contribution in [3.8, 4) is 0 Å². The Hall–Kier alpha value is -1.98. The lowest BCUT2D eigenvalue weighted by molar-refractivity contribution is -0.385. The highest BCUT2D eigenvalue weighted by atomic mass is 19.1. The molecule has 0 spiro atoms. The van der Waals surface area contributed by atoms with E-state index in [0.717, 1.165) is 6.07 Å². The standard InChI is InChI=1S/C10H9FN2O3/c1-2-12-9(14)4-6-3-7(13(15)16)5-8(11)10(6)12/h3,5H,2,4H2,1H3. The number of nitro benzene ring substituents is 1. The molecule has 0 bridgehead atoms. The van der Waals surface area contributed by atoms with Crippen molar-refractivity contribution in [2.75, 3.05) is 11.4 Å². The molecule has 0 saturated heterocycles. The van der Waals surface area contributed by atoms with Crippen molar-refractivity contribution in [3.63, 3.8) is 0 Å². The van der Waals surface area contributed by atoms with Crippen molar-refractivity contribution >= 4 is 17.3 Å². The Kier molecular flexibility index (Phi) is 2.34. The smallest absolute Gasteiger partial charge is 0.272 e. The molecule has 1 aliphatic heterocycles. The van der Waals surface area contributed by atoms with Crippen LogP contribution in [0.2, 0.25) is 0 Å². The molecule has 0 atom stereocenters. The van der Waals surface area contributed by atoms with E-state index in [1.54, 1.807) is 6.92 Å². The molecule has 0 fully saturated rings. The molecule has 0 N–H and O–H groups in total. The minimum atomic E-state index is -0.711. The second-order valence-corrected chi connectivity index (χ2v) is 3.51. The summed E-state index contributed by atoms with van der Waals surface area (Å²) in [6.07, 6.45) is 0.0295. The highest BCUT2D eigenvalue weighted by Gasteiger charge is 2.31. The van der Waals surface area contributed by atoms with Gasteiger partial charge in [0.05, 0.1) is 23.1 Å². The molecule has 6 heteroatoms. The molecule has 1 aromatic carbocycles. The maximum absolute atomic E-state index is 13.6. The summed E-state index contributed by atoms with van der Waals surface area (Å²) in [6.45, 7) is 2.09. The molecular weight excluding hydrogens is 215 g/mol. The fourth-order valence-corrected chi connectivity index (χ4v) is 1.90. The zero-order valence-electron chi connectivity index (χ0n) is 8.57. The number of hydrogen-bond donors (Lipinski definition) is 0. The summed E-state index contributed by atoms with van der Waals surface area (Å²) in [5, 5.41) is 10.5. The summed E-state index contributed by atoms with van der Waals surface area (Å²) in [5.41, 5.74) is 0.249. The first-order chi connectivity index (χ1) is 7.54. The van der Waals surface area contributed by atoms with E-state index in [1.165, 1.54) is 11.0 Å². The lowest BCUT2D eigenvalue weighted by Gasteiger charge is -2.14. The summed E-state index contributed by atoms with van der Waals surface area (Å²) in [5.74, 6) is -0.936. The van der Waals surface area contributed by atoms with Crippen molar-refractivity contribution in [2.45, 2.75) is 13.3 Å². The van der Waals surface area contributed by atoms with Gasteiger partial charge in [0.2, 0.25) is 5.91 Å². The van der Waals surface area contributed by atoms with E-state index in [9.17, 15) is 19.3 Å². The monoisotopic (exact) mass is 224 g/mol. The van der Waals surface area contributed by atoms with Gasteiger partial charge in [-0.2, -0.15) is 0 Å². The quantitative estimate of drug-likeness (QED) is 0.566. The molecule has 0 aromatic heterocycles. The summed E-state index contributed by atoms with van der Waals surface area (Å²) < 4.78 is 13.6. The number of halogens is 1. The molecule has 16 heavy (non-hydrogen) atoms. The Balaban J connectivity index is 2.57. The van der Waals surface area contributed by atoms with Gasteiger partial charge in [-0.15, -0.1) is 0 Å². The SMILES string of the molecule is CCN1C(=O)Cc2cc([N+](=O)[O-])cc(F)c21. The summed E-state index contributed by atoms with van der Waals surface area (Å²) in [6, 6.07) is 2.10. The highest BCUT2D eigenvalue weighted by molar-refractivity contribution is 6.01. The van der Waals surface area contributed by atoms with Crippen molar-refractivity contribution < 1.29 is 14.1 Å². The number of carbonyl (C=O) groups excluding carboxylic acids is 1. The molecule has 0 radical (unpaired) electrons. The number of non-ortho nitro benzene ring substituents is 1. The van der Waals surface area contributed by atoms with Crippen LogP contribution >= 0.6 is 0 Å². The first-order valence-corrected chi connectivity index (χ1v) is 4.81. The number of anilines is 1. The van der Waals surface area contributed by atoms with Crippen LogP contribution in [0.15, 0.2) is 12.1 Å². The van der Waals surface area contributed by atoms with E-state index in [0.29, 0.717) is 12.1 Å². The van der Waals surface area contributed by atoms with Gasteiger partial charge in [0.1, 0.15) is 0 Å². The van der Waals surface area contributed by atoms with E-state index in [2.05, 4.69) is 0 Å². The topological polar surface area (TPSA) is 63.5 Å². The first-order valence-electron chi connectivity index (χ1n) is 4.81. The van der Waals surface area contributed by atoms with Gasteiger partial charge in [0, 0.05) is 12.6 Å². The third-order valence-corrected chi connectivity index (χ3v) is 2.57. The number of nitro groups is 1. The maximum atomic E-state index is 13.6. The van der Waals surface area contributed by atoms with Gasteiger partial charge in [0.15, 0.2) is 5.82 Å². The van der Waals surface area contributed by atoms with Crippen LogP contribution in [-0.2, 0) is 11.2 Å². The van der Waals surface area contributed by atoms with Gasteiger partial charge >= 0.3 is 0 Å². The van der Waals surface area contributed by atoms with Crippen LogP contribution in [0.3, 0.4) is 0 Å². The number of benzene rings is 1. The van der Waals surface area contributed by atoms with Crippen LogP contribution < -0.4 is 4.90 Å². The number of likely N-dealkylation sites (N-methyl/N-ethyl adjacent to an activating group) is 1. The van der Waals surface area contributed by atoms with E-state index in [-0.39, 0.29) is 23.7 Å². The van der Waals surface area contributed by atoms with E-state index >= 15 is 0 Å². The van der Waals surface area contributed by atoms with Crippen LogP contribution in [0.25, 0.3) is 0 Å². The zero-order chi connectivity index (χ0) is 11.9. The molecule has 84 valence electrons. The fourth-order valence-electron chi connectivity index (χ4n) is 1.90. The Morgan fingerprint density at radius 1 is 1.56 bits per heavy atom. The van der Waals surface area contributed by atoms with Gasteiger partial charge in [0.25, 0.3) is 5.69 Å². The summed E-state index contributed by atoms with van der Waals surface area (Å²) in [4.78, 5) is 22.6. The predicted molar refractivity (Wildman–Crippen MR) is 54.8 cm³/mol. The molecule has 1 aliphatic rings. The molecule has 0 unspecified atom stereocenters. The molecule has 5 nitrogen and oxygen atoms in total. The van der Waals surface area contributed by atoms with Crippen molar-refractivity contribution in [3.05, 3.63) is 33.6 Å². The molecule has 1 aromatic rings. The number of nitrogens with zero attached hydrogens (tertiary/aromatic N) is 2. The zero-order valence-corrected chi connectivity index (χ0v) is 8.57. The number of carbonyl (C=O) groups is 1. The largest absolute Gasteiger partial charge is 0.309 e. The highest BCUT2D eigenvalue weighted by Crippen LogP contribution is 2.34. The molecule has 1 heterocycles. The lowest BCUT2D eigenvalue weighted by atomic mass is 10.1. The van der Waals surface area contributed by atoms with Gasteiger partial charge in [-0.3, -0.25) is 14.9 Å². The minimum absolute atomic E-state index is 0.0295. The Morgan fingerprint density at radius 2 is 2.25 bits per heavy atom. The van der Waals surface area contributed by atoms with Crippen molar-refractivity contribution in [1.29, 1.82) is 0 Å². The third kappa shape index (κ3) is 1.42. The number of amides is 1. The average molecular weight is 224 g/mol. The third-order valence-electron chi connectivity index (χ3n) is 2.57. The van der Waals surface area contributed by atoms with Gasteiger partial charge < -0.3 is 4.90 Å². The van der Waals surface area contributed by atoms with E-state index < -0.39 is 10.7 Å². The Bertz CT molecular complexity index is 487. The summed E-state index contributed by atoms with van der Waals surface area (Å²) >= 11 is 0. The predicted octanol–water partition coefficient (Wildman–Crippen LogP) is 1.64. The second kappa shape index (κ2) is 3.55. The van der Waals surface area contributed by atoms with Crippen LogP contribution in [0.1, 0.15) is 12.5 Å². The Labute approximate surface area is 90.6 Å². The molecule has 0 aliphatic carbocycles. The average Bonchev–Trinajstić information content (AvgIpc) is 2.53. The second-order valence-electron chi connectivity index (χ2n) is 3.51. The molecule has 2 rings (SSSR count). The minimum Gasteiger partial charge on any atom is -0.309 e. The van der Waals surface area contributed by atoms with Crippen LogP contribution in [0.4, 0.5) is 15.8 Å². The van der Waals surface area contributed by atoms with Gasteiger partial charge in [-0.05, 0) is 12.5 Å². The van der Waals surface area contributed by atoms with Crippen LogP contribution in [0.5, 0.6) is 0 Å². The normalized spacial score (nSPS) is 14.1. The van der Waals surface area contributed by atoms with Crippen molar-refractivity contribution in [2.24, 2.45) is 0 Å². The number of rotatable bonds is 2. The van der Waals surface area contributed by atoms with Gasteiger partial charge in [-0.25, -0.2) is 4.39 Å². The van der Waals surface area contributed by atoms with Crippen LogP contribution in [0, 0.1) is 15.9 Å².